The number of hydrogen-bond donors (Lipinski definition) is 2. The lowest BCUT2D eigenvalue weighted by molar-refractivity contribution is -0.122. The summed E-state index contributed by atoms with van der Waals surface area (Å²) in [6.07, 6.45) is 6.11. The topological polar surface area (TPSA) is 67.4 Å². The summed E-state index contributed by atoms with van der Waals surface area (Å²) < 4.78 is 5.62. The van der Waals surface area contributed by atoms with Crippen molar-refractivity contribution in [2.45, 2.75) is 52.4 Å². The molecule has 0 radical (unpaired) electrons. The van der Waals surface area contributed by atoms with Crippen LogP contribution < -0.4 is 15.6 Å². The average Bonchev–Trinajstić information content (AvgIpc) is 3.06. The van der Waals surface area contributed by atoms with Gasteiger partial charge in [-0.2, -0.15) is 0 Å². The Hall–Kier alpha value is -2.04. The van der Waals surface area contributed by atoms with Gasteiger partial charge in [0.1, 0.15) is 5.75 Å². The lowest BCUT2D eigenvalue weighted by Gasteiger charge is -2.11. The summed E-state index contributed by atoms with van der Waals surface area (Å²) in [4.78, 5) is 23.9. The van der Waals surface area contributed by atoms with E-state index in [9.17, 15) is 9.59 Å². The van der Waals surface area contributed by atoms with Crippen molar-refractivity contribution in [3.05, 3.63) is 29.8 Å². The first-order valence-electron chi connectivity index (χ1n) is 8.86. The van der Waals surface area contributed by atoms with Crippen LogP contribution in [0.4, 0.5) is 0 Å². The minimum Gasteiger partial charge on any atom is -0.494 e. The van der Waals surface area contributed by atoms with E-state index in [1.54, 1.807) is 24.3 Å². The standard InChI is InChI=1S/C19H28N2O3/c1-14(2)11-12-24-17-9-7-16(8-10-17)19(23)21-20-18(22)13-15-5-3-4-6-15/h7-10,14-15H,3-6,11-13H2,1-2H3,(H,20,22)(H,21,23). The molecule has 1 aliphatic rings. The fourth-order valence-corrected chi connectivity index (χ4v) is 2.84. The van der Waals surface area contributed by atoms with Crippen LogP contribution in [0, 0.1) is 11.8 Å². The highest BCUT2D eigenvalue weighted by molar-refractivity contribution is 5.95. The minimum absolute atomic E-state index is 0.121. The van der Waals surface area contributed by atoms with Crippen LogP contribution in [-0.2, 0) is 4.79 Å². The van der Waals surface area contributed by atoms with Crippen LogP contribution in [0.5, 0.6) is 5.75 Å². The molecule has 0 spiro atoms. The zero-order chi connectivity index (χ0) is 17.4. The zero-order valence-electron chi connectivity index (χ0n) is 14.6. The number of carbonyl (C=O) groups is 2. The molecule has 0 bridgehead atoms. The monoisotopic (exact) mass is 332 g/mol. The van der Waals surface area contributed by atoms with Gasteiger partial charge in [0, 0.05) is 12.0 Å². The smallest absolute Gasteiger partial charge is 0.269 e. The van der Waals surface area contributed by atoms with Crippen LogP contribution >= 0.6 is 0 Å². The van der Waals surface area contributed by atoms with E-state index in [2.05, 4.69) is 24.7 Å². The van der Waals surface area contributed by atoms with Crippen molar-refractivity contribution in [3.63, 3.8) is 0 Å². The van der Waals surface area contributed by atoms with Crippen molar-refractivity contribution in [3.8, 4) is 5.75 Å². The minimum atomic E-state index is -0.316. The Kier molecular flexibility index (Phi) is 7.09. The first-order chi connectivity index (χ1) is 11.5. The van der Waals surface area contributed by atoms with Crippen LogP contribution in [0.15, 0.2) is 24.3 Å². The van der Waals surface area contributed by atoms with E-state index in [0.29, 0.717) is 30.4 Å². The molecule has 0 saturated heterocycles. The second-order valence-electron chi connectivity index (χ2n) is 6.91. The van der Waals surface area contributed by atoms with Crippen LogP contribution in [-0.4, -0.2) is 18.4 Å². The SMILES string of the molecule is CC(C)CCOc1ccc(C(=O)NNC(=O)CC2CCCC2)cc1. The normalized spacial score (nSPS) is 14.6. The molecule has 2 N–H and O–H groups in total. The first-order valence-corrected chi connectivity index (χ1v) is 8.86. The van der Waals surface area contributed by atoms with Gasteiger partial charge in [-0.15, -0.1) is 0 Å². The van der Waals surface area contributed by atoms with Gasteiger partial charge in [-0.3, -0.25) is 20.4 Å². The molecule has 1 aliphatic carbocycles. The van der Waals surface area contributed by atoms with Crippen LogP contribution in [0.2, 0.25) is 0 Å². The van der Waals surface area contributed by atoms with Crippen LogP contribution in [0.25, 0.3) is 0 Å². The molecule has 2 amide bonds. The van der Waals surface area contributed by atoms with Crippen molar-refractivity contribution in [1.82, 2.24) is 10.9 Å². The highest BCUT2D eigenvalue weighted by atomic mass is 16.5. The molecule has 1 aromatic carbocycles. The summed E-state index contributed by atoms with van der Waals surface area (Å²) in [6.45, 7) is 4.97. The maximum absolute atomic E-state index is 12.0. The Labute approximate surface area is 144 Å². The highest BCUT2D eigenvalue weighted by Gasteiger charge is 2.18. The Balaban J connectivity index is 1.72. The Morgan fingerprint density at radius 1 is 1.12 bits per heavy atom. The third-order valence-electron chi connectivity index (χ3n) is 4.34. The van der Waals surface area contributed by atoms with Crippen molar-refractivity contribution in [2.24, 2.45) is 11.8 Å². The lowest BCUT2D eigenvalue weighted by Crippen LogP contribution is -2.42. The maximum atomic E-state index is 12.0. The van der Waals surface area contributed by atoms with Gasteiger partial charge in [0.2, 0.25) is 5.91 Å². The number of rotatable bonds is 7. The summed E-state index contributed by atoms with van der Waals surface area (Å²) in [5.74, 6) is 1.37. The van der Waals surface area contributed by atoms with E-state index in [1.165, 1.54) is 12.8 Å². The predicted octanol–water partition coefficient (Wildman–Crippen LogP) is 3.45. The number of benzene rings is 1. The zero-order valence-corrected chi connectivity index (χ0v) is 14.6. The second-order valence-corrected chi connectivity index (χ2v) is 6.91. The van der Waals surface area contributed by atoms with Gasteiger partial charge in [0.25, 0.3) is 5.91 Å². The van der Waals surface area contributed by atoms with E-state index < -0.39 is 0 Å². The summed E-state index contributed by atoms with van der Waals surface area (Å²) >= 11 is 0. The number of hydrazine groups is 1. The molecule has 5 heteroatoms. The number of ether oxygens (including phenoxy) is 1. The molecule has 1 saturated carbocycles. The molecule has 1 fully saturated rings. The van der Waals surface area contributed by atoms with Crippen LogP contribution in [0.1, 0.15) is 62.7 Å². The molecule has 0 aliphatic heterocycles. The van der Waals surface area contributed by atoms with Gasteiger partial charge in [0.15, 0.2) is 0 Å². The van der Waals surface area contributed by atoms with E-state index in [0.717, 1.165) is 25.0 Å². The molecule has 0 unspecified atom stereocenters. The molecule has 132 valence electrons. The summed E-state index contributed by atoms with van der Waals surface area (Å²) in [5.41, 5.74) is 5.46. The number of nitrogens with one attached hydrogen (secondary N) is 2. The Bertz CT molecular complexity index is 534. The fourth-order valence-electron chi connectivity index (χ4n) is 2.84. The number of hydrogen-bond acceptors (Lipinski definition) is 3. The maximum Gasteiger partial charge on any atom is 0.269 e. The van der Waals surface area contributed by atoms with Crippen molar-refractivity contribution in [2.75, 3.05) is 6.61 Å². The molecule has 0 heterocycles. The van der Waals surface area contributed by atoms with E-state index >= 15 is 0 Å². The Morgan fingerprint density at radius 2 is 1.79 bits per heavy atom. The van der Waals surface area contributed by atoms with Crippen LogP contribution in [0.3, 0.4) is 0 Å². The highest BCUT2D eigenvalue weighted by Crippen LogP contribution is 2.27. The Morgan fingerprint density at radius 3 is 2.42 bits per heavy atom. The summed E-state index contributed by atoms with van der Waals surface area (Å²) in [5, 5.41) is 0. The molecular formula is C19H28N2O3. The third-order valence-corrected chi connectivity index (χ3v) is 4.34. The van der Waals surface area contributed by atoms with Gasteiger partial charge < -0.3 is 4.74 Å². The summed E-state index contributed by atoms with van der Waals surface area (Å²) in [7, 11) is 0. The molecule has 24 heavy (non-hydrogen) atoms. The number of amides is 2. The molecular weight excluding hydrogens is 304 g/mol. The van der Waals surface area contributed by atoms with Gasteiger partial charge in [-0.25, -0.2) is 0 Å². The largest absolute Gasteiger partial charge is 0.494 e. The number of carbonyl (C=O) groups excluding carboxylic acids is 2. The first kappa shape index (κ1) is 18.3. The molecule has 0 aromatic heterocycles. The van der Waals surface area contributed by atoms with Crippen molar-refractivity contribution >= 4 is 11.8 Å². The quantitative estimate of drug-likeness (QED) is 0.752. The second kappa shape index (κ2) is 9.30. The molecule has 1 aromatic rings. The van der Waals surface area contributed by atoms with Crippen molar-refractivity contribution in [1.29, 1.82) is 0 Å². The van der Waals surface area contributed by atoms with Crippen molar-refractivity contribution < 1.29 is 14.3 Å². The van der Waals surface area contributed by atoms with Gasteiger partial charge in [-0.1, -0.05) is 26.7 Å². The summed E-state index contributed by atoms with van der Waals surface area (Å²) in [6, 6.07) is 6.94. The van der Waals surface area contributed by atoms with Gasteiger partial charge in [0.05, 0.1) is 6.61 Å². The molecule has 0 atom stereocenters. The fraction of sp³-hybridized carbons (Fsp3) is 0.579. The van der Waals surface area contributed by atoms with Gasteiger partial charge >= 0.3 is 0 Å². The van der Waals surface area contributed by atoms with Gasteiger partial charge in [-0.05, 0) is 55.4 Å². The molecule has 2 rings (SSSR count). The van der Waals surface area contributed by atoms with E-state index in [-0.39, 0.29) is 11.8 Å². The van der Waals surface area contributed by atoms with E-state index in [1.807, 2.05) is 0 Å². The van der Waals surface area contributed by atoms with E-state index in [4.69, 9.17) is 4.74 Å². The predicted molar refractivity (Wildman–Crippen MR) is 93.6 cm³/mol. The molecule has 5 nitrogen and oxygen atoms in total. The lowest BCUT2D eigenvalue weighted by atomic mass is 10.0. The average molecular weight is 332 g/mol. The third kappa shape index (κ3) is 6.22.